The molecule has 1 unspecified atom stereocenters. The number of aliphatic carboxylic acids is 1. The zero-order valence-electron chi connectivity index (χ0n) is 14.8. The Morgan fingerprint density at radius 1 is 1.31 bits per heavy atom. The third-order valence-electron chi connectivity index (χ3n) is 3.52. The predicted octanol–water partition coefficient (Wildman–Crippen LogP) is 1.77. The molecule has 0 radical (unpaired) electrons. The number of hydrogen-bond acceptors (Lipinski definition) is 5. The molecule has 0 aliphatic heterocycles. The smallest absolute Gasteiger partial charge is 0.328 e. The molecule has 1 aromatic carbocycles. The molecular formula is C17H21FN4O4. The number of hydrogen-bond donors (Lipinski definition) is 2. The van der Waals surface area contributed by atoms with Crippen molar-refractivity contribution < 1.29 is 23.8 Å². The number of carboxylic acid groups (broad SMARTS) is 1. The molecule has 1 heterocycles. The van der Waals surface area contributed by atoms with E-state index in [1.54, 1.807) is 24.3 Å². The van der Waals surface area contributed by atoms with E-state index in [0.29, 0.717) is 23.6 Å². The van der Waals surface area contributed by atoms with Crippen LogP contribution in [0.1, 0.15) is 37.0 Å². The van der Waals surface area contributed by atoms with E-state index in [1.807, 2.05) is 20.8 Å². The second-order valence-electron chi connectivity index (χ2n) is 5.83. The zero-order chi connectivity index (χ0) is 19.3. The van der Waals surface area contributed by atoms with Crippen LogP contribution in [0.2, 0.25) is 0 Å². The Hall–Kier alpha value is -2.97. The van der Waals surface area contributed by atoms with Gasteiger partial charge in [-0.2, -0.15) is 0 Å². The number of ether oxygens (including phenoxy) is 1. The van der Waals surface area contributed by atoms with E-state index >= 15 is 0 Å². The van der Waals surface area contributed by atoms with Gasteiger partial charge in [-0.25, -0.2) is 13.9 Å². The summed E-state index contributed by atoms with van der Waals surface area (Å²) in [6.45, 7) is 4.44. The number of carbonyl (C=O) groups excluding carboxylic acids is 1. The van der Waals surface area contributed by atoms with E-state index in [-0.39, 0.29) is 11.8 Å². The average Bonchev–Trinajstić information content (AvgIpc) is 3.03. The van der Waals surface area contributed by atoms with E-state index < -0.39 is 24.6 Å². The fraction of sp³-hybridized carbons (Fsp3) is 0.412. The molecule has 0 spiro atoms. The number of halogens is 1. The average molecular weight is 364 g/mol. The van der Waals surface area contributed by atoms with Gasteiger partial charge in [0.25, 0.3) is 5.91 Å². The van der Waals surface area contributed by atoms with E-state index in [4.69, 9.17) is 9.84 Å². The SMILES string of the molecule is CCc1c(C(=O)NC(CF)C(=O)O)nnn1-c1ccc(OC(C)C)cc1. The maximum Gasteiger partial charge on any atom is 0.328 e. The Labute approximate surface area is 150 Å². The summed E-state index contributed by atoms with van der Waals surface area (Å²) in [7, 11) is 0. The van der Waals surface area contributed by atoms with Gasteiger partial charge < -0.3 is 15.2 Å². The molecule has 1 aromatic heterocycles. The minimum Gasteiger partial charge on any atom is -0.491 e. The molecule has 2 N–H and O–H groups in total. The highest BCUT2D eigenvalue weighted by Crippen LogP contribution is 2.19. The summed E-state index contributed by atoms with van der Waals surface area (Å²) in [5.74, 6) is -1.53. The molecule has 140 valence electrons. The molecule has 0 fully saturated rings. The molecule has 1 amide bonds. The van der Waals surface area contributed by atoms with Gasteiger partial charge in [0.2, 0.25) is 0 Å². The van der Waals surface area contributed by atoms with Crippen molar-refractivity contribution in [1.29, 1.82) is 0 Å². The van der Waals surface area contributed by atoms with Gasteiger partial charge in [-0.05, 0) is 44.5 Å². The first kappa shape index (κ1) is 19.4. The van der Waals surface area contributed by atoms with Crippen molar-refractivity contribution in [3.05, 3.63) is 35.7 Å². The Morgan fingerprint density at radius 3 is 2.46 bits per heavy atom. The van der Waals surface area contributed by atoms with Crippen molar-refractivity contribution in [2.75, 3.05) is 6.67 Å². The highest BCUT2D eigenvalue weighted by Gasteiger charge is 2.25. The van der Waals surface area contributed by atoms with E-state index in [0.717, 1.165) is 0 Å². The monoisotopic (exact) mass is 364 g/mol. The summed E-state index contributed by atoms with van der Waals surface area (Å²) < 4.78 is 19.8. The van der Waals surface area contributed by atoms with Gasteiger partial charge in [-0.3, -0.25) is 4.79 Å². The van der Waals surface area contributed by atoms with Crippen LogP contribution in [0.15, 0.2) is 24.3 Å². The Bertz CT molecular complexity index is 774. The molecule has 0 saturated heterocycles. The van der Waals surface area contributed by atoms with Gasteiger partial charge in [0, 0.05) is 0 Å². The van der Waals surface area contributed by atoms with Crippen LogP contribution in [0.3, 0.4) is 0 Å². The zero-order valence-corrected chi connectivity index (χ0v) is 14.8. The Kier molecular flexibility index (Phi) is 6.26. The normalized spacial score (nSPS) is 12.0. The second-order valence-corrected chi connectivity index (χ2v) is 5.83. The van der Waals surface area contributed by atoms with Crippen molar-refractivity contribution in [3.63, 3.8) is 0 Å². The third kappa shape index (κ3) is 4.35. The lowest BCUT2D eigenvalue weighted by Gasteiger charge is -2.11. The number of rotatable bonds is 8. The molecule has 26 heavy (non-hydrogen) atoms. The molecule has 0 aliphatic carbocycles. The van der Waals surface area contributed by atoms with E-state index in [1.165, 1.54) is 4.68 Å². The van der Waals surface area contributed by atoms with Gasteiger partial charge >= 0.3 is 5.97 Å². The first-order chi connectivity index (χ1) is 12.4. The lowest BCUT2D eigenvalue weighted by Crippen LogP contribution is -2.42. The highest BCUT2D eigenvalue weighted by molar-refractivity contribution is 5.95. The first-order valence-corrected chi connectivity index (χ1v) is 8.18. The Morgan fingerprint density at radius 2 is 1.96 bits per heavy atom. The third-order valence-corrected chi connectivity index (χ3v) is 3.52. The molecular weight excluding hydrogens is 343 g/mol. The van der Waals surface area contributed by atoms with Gasteiger partial charge in [-0.1, -0.05) is 12.1 Å². The summed E-state index contributed by atoms with van der Waals surface area (Å²) in [4.78, 5) is 23.1. The number of nitrogens with zero attached hydrogens (tertiary/aromatic N) is 3. The maximum atomic E-state index is 12.7. The van der Waals surface area contributed by atoms with Crippen LogP contribution in [0.4, 0.5) is 4.39 Å². The minimum atomic E-state index is -1.62. The summed E-state index contributed by atoms with van der Waals surface area (Å²) >= 11 is 0. The summed E-state index contributed by atoms with van der Waals surface area (Å²) in [6, 6.07) is 5.48. The lowest BCUT2D eigenvalue weighted by molar-refractivity contribution is -0.139. The van der Waals surface area contributed by atoms with Crippen molar-refractivity contribution in [2.24, 2.45) is 0 Å². The number of nitrogens with one attached hydrogen (secondary N) is 1. The summed E-state index contributed by atoms with van der Waals surface area (Å²) in [6.07, 6.45) is 0.472. The Balaban J connectivity index is 2.27. The number of carboxylic acids is 1. The lowest BCUT2D eigenvalue weighted by atomic mass is 10.2. The van der Waals surface area contributed by atoms with Crippen LogP contribution in [0.5, 0.6) is 5.75 Å². The molecule has 0 saturated carbocycles. The largest absolute Gasteiger partial charge is 0.491 e. The fourth-order valence-corrected chi connectivity index (χ4v) is 2.33. The van der Waals surface area contributed by atoms with Gasteiger partial charge in [0.1, 0.15) is 12.4 Å². The standard InChI is InChI=1S/C17H21FN4O4/c1-4-14-15(16(23)19-13(9-18)17(24)25)20-21-22(14)11-5-7-12(8-6-11)26-10(2)3/h5-8,10,13H,4,9H2,1-3H3,(H,19,23)(H,24,25). The highest BCUT2D eigenvalue weighted by atomic mass is 19.1. The molecule has 1 atom stereocenters. The van der Waals surface area contributed by atoms with Crippen molar-refractivity contribution in [3.8, 4) is 11.4 Å². The van der Waals surface area contributed by atoms with Gasteiger partial charge in [0.15, 0.2) is 11.7 Å². The van der Waals surface area contributed by atoms with Crippen LogP contribution in [-0.4, -0.2) is 50.8 Å². The second kappa shape index (κ2) is 8.41. The van der Waals surface area contributed by atoms with Crippen LogP contribution < -0.4 is 10.1 Å². The van der Waals surface area contributed by atoms with Crippen LogP contribution in [-0.2, 0) is 11.2 Å². The molecule has 0 bridgehead atoms. The first-order valence-electron chi connectivity index (χ1n) is 8.18. The number of benzene rings is 1. The summed E-state index contributed by atoms with van der Waals surface area (Å²) in [5, 5.41) is 18.8. The summed E-state index contributed by atoms with van der Waals surface area (Å²) in [5.41, 5.74) is 1.13. The molecule has 9 heteroatoms. The van der Waals surface area contributed by atoms with Crippen LogP contribution >= 0.6 is 0 Å². The van der Waals surface area contributed by atoms with Crippen molar-refractivity contribution in [1.82, 2.24) is 20.3 Å². The topological polar surface area (TPSA) is 106 Å². The van der Waals surface area contributed by atoms with E-state index in [2.05, 4.69) is 15.6 Å². The fourth-order valence-electron chi connectivity index (χ4n) is 2.33. The number of carbonyl (C=O) groups is 2. The molecule has 0 aliphatic rings. The van der Waals surface area contributed by atoms with Crippen molar-refractivity contribution in [2.45, 2.75) is 39.3 Å². The van der Waals surface area contributed by atoms with Crippen molar-refractivity contribution >= 4 is 11.9 Å². The van der Waals surface area contributed by atoms with Crippen LogP contribution in [0.25, 0.3) is 5.69 Å². The molecule has 8 nitrogen and oxygen atoms in total. The van der Waals surface area contributed by atoms with Gasteiger partial charge in [-0.15, -0.1) is 5.10 Å². The number of aromatic nitrogens is 3. The quantitative estimate of drug-likeness (QED) is 0.739. The number of alkyl halides is 1. The molecule has 2 rings (SSSR count). The minimum absolute atomic E-state index is 0.0327. The number of amides is 1. The van der Waals surface area contributed by atoms with Gasteiger partial charge in [0.05, 0.1) is 17.5 Å². The maximum absolute atomic E-state index is 12.7. The molecule has 2 aromatic rings. The van der Waals surface area contributed by atoms with E-state index in [9.17, 15) is 14.0 Å². The van der Waals surface area contributed by atoms with Crippen LogP contribution in [0, 0.1) is 0 Å². The predicted molar refractivity (Wildman–Crippen MR) is 91.4 cm³/mol.